The number of nitrogens with zero attached hydrogens (tertiary/aromatic N) is 3. The Hall–Kier alpha value is -4.04. The van der Waals surface area contributed by atoms with E-state index in [9.17, 15) is 23.1 Å². The number of pyridine rings is 1. The van der Waals surface area contributed by atoms with Crippen LogP contribution >= 0.6 is 11.6 Å². The molecule has 0 radical (unpaired) electrons. The molecule has 1 N–H and O–H groups in total. The highest BCUT2D eigenvalue weighted by atomic mass is 35.5. The molecule has 0 aliphatic rings. The van der Waals surface area contributed by atoms with E-state index >= 15 is 8.78 Å². The summed E-state index contributed by atoms with van der Waals surface area (Å²) >= 11 is 3.55. The third kappa shape index (κ3) is 7.68. The largest absolute Gasteiger partial charge is 0.449 e. The molecule has 1 atom stereocenters. The number of aromatic nitrogens is 2. The number of esters is 2. The maximum atomic E-state index is 15.7. The Morgan fingerprint density at radius 1 is 1.05 bits per heavy atom. The molecule has 1 unspecified atom stereocenters. The van der Waals surface area contributed by atoms with Gasteiger partial charge in [0.2, 0.25) is 17.0 Å². The summed E-state index contributed by atoms with van der Waals surface area (Å²) in [6.07, 6.45) is 2.98. The number of ether oxygens (including phenoxy) is 2. The van der Waals surface area contributed by atoms with Crippen LogP contribution in [-0.2, 0) is 43.5 Å². The average Bonchev–Trinajstić information content (AvgIpc) is 3.32. The van der Waals surface area contributed by atoms with Crippen molar-refractivity contribution in [2.24, 2.45) is 0 Å². The lowest BCUT2D eigenvalue weighted by Crippen LogP contribution is -2.30. The Labute approximate surface area is 252 Å². The summed E-state index contributed by atoms with van der Waals surface area (Å²) in [5.41, 5.74) is 0.745. The zero-order valence-corrected chi connectivity index (χ0v) is 24.6. The Morgan fingerprint density at radius 2 is 1.74 bits per heavy atom. The smallest absolute Gasteiger partial charge is 0.304 e. The van der Waals surface area contributed by atoms with Crippen molar-refractivity contribution in [3.63, 3.8) is 0 Å². The number of hydrogen-bond acceptors (Lipinski definition) is 7. The minimum atomic E-state index is -2.45. The van der Waals surface area contributed by atoms with Crippen molar-refractivity contribution in [1.29, 1.82) is 0 Å². The molecule has 0 bridgehead atoms. The molecule has 0 aliphatic heterocycles. The number of ketones is 1. The van der Waals surface area contributed by atoms with Crippen LogP contribution in [0.2, 0.25) is 5.02 Å². The minimum Gasteiger partial charge on any atom is -0.449 e. The molecule has 0 amide bonds. The van der Waals surface area contributed by atoms with E-state index in [1.807, 2.05) is 0 Å². The number of halogens is 3. The van der Waals surface area contributed by atoms with E-state index in [4.69, 9.17) is 21.1 Å². The van der Waals surface area contributed by atoms with Gasteiger partial charge in [-0.3, -0.25) is 23.5 Å². The Bertz CT molecular complexity index is 1710. The van der Waals surface area contributed by atoms with E-state index in [1.54, 1.807) is 36.5 Å². The highest BCUT2D eigenvalue weighted by molar-refractivity contribution is 7.76. The molecule has 0 saturated heterocycles. The number of rotatable bonds is 12. The molecule has 10 nitrogen and oxygen atoms in total. The monoisotopic (exact) mass is 633 g/mol. The van der Waals surface area contributed by atoms with Gasteiger partial charge in [-0.2, -0.15) is 4.31 Å². The zero-order valence-electron chi connectivity index (χ0n) is 23.0. The Morgan fingerprint density at radius 3 is 2.40 bits per heavy atom. The highest BCUT2D eigenvalue weighted by Gasteiger charge is 2.26. The van der Waals surface area contributed by atoms with Crippen LogP contribution in [0.3, 0.4) is 0 Å². The third-order valence-electron chi connectivity index (χ3n) is 6.43. The second-order valence-electron chi connectivity index (χ2n) is 9.41. The molecule has 0 aliphatic carbocycles. The van der Waals surface area contributed by atoms with Crippen LogP contribution < -0.4 is 0 Å². The number of benzene rings is 2. The van der Waals surface area contributed by atoms with Gasteiger partial charge in [-0.05, 0) is 48.2 Å². The molecule has 2 aromatic heterocycles. The second-order valence-corrected chi connectivity index (χ2v) is 10.8. The Kier molecular flexibility index (Phi) is 10.3. The van der Waals surface area contributed by atoms with E-state index in [-0.39, 0.29) is 48.3 Å². The van der Waals surface area contributed by atoms with Gasteiger partial charge in [0, 0.05) is 48.8 Å². The SMILES string of the molecule is CC(=O)OCN(CCCc1ccc(F)c(C(=O)c2cn(COC(C)=O)c3ncc(-c4ccc(Cl)cc4)cc23)c1F)S(=O)O. The van der Waals surface area contributed by atoms with Gasteiger partial charge >= 0.3 is 11.9 Å². The van der Waals surface area contributed by atoms with E-state index in [2.05, 4.69) is 4.98 Å². The van der Waals surface area contributed by atoms with Crippen LogP contribution in [-0.4, -0.2) is 53.6 Å². The van der Waals surface area contributed by atoms with Gasteiger partial charge < -0.3 is 9.47 Å². The van der Waals surface area contributed by atoms with Crippen molar-refractivity contribution in [2.45, 2.75) is 33.4 Å². The fraction of sp³-hybridized carbons (Fsp3) is 0.241. The van der Waals surface area contributed by atoms with Crippen LogP contribution in [0.25, 0.3) is 22.2 Å². The van der Waals surface area contributed by atoms with E-state index < -0.39 is 52.9 Å². The molecule has 2 heterocycles. The first-order valence-corrected chi connectivity index (χ1v) is 14.3. The van der Waals surface area contributed by atoms with Gasteiger partial charge in [0.25, 0.3) is 0 Å². The Balaban J connectivity index is 1.69. The van der Waals surface area contributed by atoms with Crippen molar-refractivity contribution in [1.82, 2.24) is 13.9 Å². The molecule has 43 heavy (non-hydrogen) atoms. The van der Waals surface area contributed by atoms with Crippen LogP contribution in [0, 0.1) is 11.6 Å². The predicted octanol–water partition coefficient (Wildman–Crippen LogP) is 5.28. The summed E-state index contributed by atoms with van der Waals surface area (Å²) in [7, 11) is 0. The molecule has 0 fully saturated rings. The third-order valence-corrected chi connectivity index (χ3v) is 7.41. The van der Waals surface area contributed by atoms with Crippen LogP contribution in [0.5, 0.6) is 0 Å². The molecular formula is C29H26ClF2N3O7S. The minimum absolute atomic E-state index is 0.00420. The maximum absolute atomic E-state index is 15.7. The number of fused-ring (bicyclic) bond motifs is 1. The fourth-order valence-corrected chi connectivity index (χ4v) is 4.89. The fourth-order valence-electron chi connectivity index (χ4n) is 4.34. The van der Waals surface area contributed by atoms with Crippen molar-refractivity contribution in [3.05, 3.63) is 88.2 Å². The number of aryl methyl sites for hydroxylation is 1. The lowest BCUT2D eigenvalue weighted by Gasteiger charge is -2.17. The average molecular weight is 634 g/mol. The van der Waals surface area contributed by atoms with Crippen LogP contribution in [0.4, 0.5) is 8.78 Å². The first-order chi connectivity index (χ1) is 20.5. The maximum Gasteiger partial charge on any atom is 0.304 e. The van der Waals surface area contributed by atoms with E-state index in [1.165, 1.54) is 23.8 Å². The summed E-state index contributed by atoms with van der Waals surface area (Å²) in [5, 5.41) is 0.800. The van der Waals surface area contributed by atoms with Crippen molar-refractivity contribution in [3.8, 4) is 11.1 Å². The van der Waals surface area contributed by atoms with Gasteiger partial charge in [0.05, 0.1) is 11.1 Å². The van der Waals surface area contributed by atoms with Gasteiger partial charge in [-0.1, -0.05) is 29.8 Å². The molecule has 4 rings (SSSR count). The summed E-state index contributed by atoms with van der Waals surface area (Å²) in [4.78, 5) is 40.7. The molecule has 0 saturated carbocycles. The van der Waals surface area contributed by atoms with Gasteiger partial charge in [-0.25, -0.2) is 18.0 Å². The van der Waals surface area contributed by atoms with Gasteiger partial charge in [0.15, 0.2) is 13.5 Å². The summed E-state index contributed by atoms with van der Waals surface area (Å²) < 4.78 is 63.8. The highest BCUT2D eigenvalue weighted by Crippen LogP contribution is 2.30. The molecule has 14 heteroatoms. The van der Waals surface area contributed by atoms with Crippen LogP contribution in [0.15, 0.2) is 54.9 Å². The van der Waals surface area contributed by atoms with Crippen molar-refractivity contribution >= 4 is 51.6 Å². The normalized spacial score (nSPS) is 12.0. The van der Waals surface area contributed by atoms with Crippen LogP contribution in [0.1, 0.15) is 41.8 Å². The quantitative estimate of drug-likeness (QED) is 0.0966. The predicted molar refractivity (Wildman–Crippen MR) is 154 cm³/mol. The summed E-state index contributed by atoms with van der Waals surface area (Å²) in [6.45, 7) is 1.57. The number of hydrogen-bond donors (Lipinski definition) is 1. The zero-order chi connectivity index (χ0) is 31.3. The van der Waals surface area contributed by atoms with Crippen molar-refractivity contribution in [2.75, 3.05) is 13.3 Å². The van der Waals surface area contributed by atoms with Gasteiger partial charge in [0.1, 0.15) is 17.3 Å². The number of carbonyl (C=O) groups is 3. The summed E-state index contributed by atoms with van der Waals surface area (Å²) in [5.74, 6) is -4.33. The van der Waals surface area contributed by atoms with E-state index in [0.29, 0.717) is 10.6 Å². The number of carbonyl (C=O) groups excluding carboxylic acids is 3. The first kappa shape index (κ1) is 31.9. The topological polar surface area (TPSA) is 128 Å². The van der Waals surface area contributed by atoms with Crippen molar-refractivity contribution < 1.29 is 41.4 Å². The lowest BCUT2D eigenvalue weighted by molar-refractivity contribution is -0.145. The second kappa shape index (κ2) is 14.0. The van der Waals surface area contributed by atoms with E-state index in [0.717, 1.165) is 22.9 Å². The molecular weight excluding hydrogens is 608 g/mol. The standard InChI is InChI=1S/C29H26ClF2N3O7S/c1-17(36)41-15-34-14-24(23-12-21(13-33-29(23)34)19-5-8-22(30)9-6-19)28(38)26-25(31)10-7-20(27(26)32)4-3-11-35(43(39)40)16-42-18(2)37/h5-10,12-14H,3-4,11,15-16H2,1-2H3,(H,39,40). The first-order valence-electron chi connectivity index (χ1n) is 12.8. The lowest BCUT2D eigenvalue weighted by atomic mass is 9.97. The molecule has 4 aromatic rings. The molecule has 0 spiro atoms. The van der Waals surface area contributed by atoms with Gasteiger partial charge in [-0.15, -0.1) is 0 Å². The summed E-state index contributed by atoms with van der Waals surface area (Å²) in [6, 6.07) is 10.7. The molecule has 226 valence electrons. The molecule has 2 aromatic carbocycles.